The second-order valence-corrected chi connectivity index (χ2v) is 10.5. The lowest BCUT2D eigenvalue weighted by atomic mass is 9.75. The molecule has 0 spiro atoms. The molecule has 5 N–H and O–H groups in total. The lowest BCUT2D eigenvalue weighted by molar-refractivity contribution is -0.246. The Morgan fingerprint density at radius 3 is 2.66 bits per heavy atom. The monoisotopic (exact) mass is 458 g/mol. The molecule has 2 aromatic heterocycles. The molecule has 9 heteroatoms. The van der Waals surface area contributed by atoms with Gasteiger partial charge < -0.3 is 30.3 Å². The van der Waals surface area contributed by atoms with E-state index >= 15 is 0 Å². The first-order valence-electron chi connectivity index (χ1n) is 9.29. The van der Waals surface area contributed by atoms with Crippen molar-refractivity contribution >= 4 is 43.7 Å². The molecule has 1 saturated heterocycles. The van der Waals surface area contributed by atoms with Gasteiger partial charge in [-0.15, -0.1) is 22.7 Å². The molecule has 1 fully saturated rings. The van der Waals surface area contributed by atoms with Crippen LogP contribution in [0.15, 0.2) is 40.3 Å². The van der Waals surface area contributed by atoms with Gasteiger partial charge in [-0.1, -0.05) is 17.7 Å². The highest BCUT2D eigenvalue weighted by Crippen LogP contribution is 2.41. The molecule has 158 valence electrons. The average molecular weight is 459 g/mol. The van der Waals surface area contributed by atoms with Crippen LogP contribution in [0.2, 0.25) is 0 Å². The fourth-order valence-electron chi connectivity index (χ4n) is 4.00. The van der Waals surface area contributed by atoms with E-state index in [1.54, 1.807) is 35.7 Å². The third-order valence-corrected chi connectivity index (χ3v) is 8.19. The van der Waals surface area contributed by atoms with Crippen molar-refractivity contribution in [1.29, 1.82) is 0 Å². The van der Waals surface area contributed by atoms with Crippen molar-refractivity contribution in [3.8, 4) is 0 Å². The third kappa shape index (κ3) is 3.94. The van der Waals surface area contributed by atoms with Crippen LogP contribution in [0.1, 0.15) is 11.8 Å². The van der Waals surface area contributed by atoms with Crippen molar-refractivity contribution in [3.05, 3.63) is 45.1 Å². The summed E-state index contributed by atoms with van der Waals surface area (Å²) in [5, 5.41) is 54.8. The van der Waals surface area contributed by atoms with E-state index in [4.69, 9.17) is 16.3 Å². The van der Waals surface area contributed by atoms with Crippen LogP contribution in [0.5, 0.6) is 0 Å². The predicted octanol–water partition coefficient (Wildman–Crippen LogP) is 1.78. The van der Waals surface area contributed by atoms with E-state index in [-0.39, 0.29) is 0 Å². The molecule has 2 aromatic rings. The quantitative estimate of drug-likeness (QED) is 0.477. The van der Waals surface area contributed by atoms with Crippen molar-refractivity contribution in [2.75, 3.05) is 6.61 Å². The van der Waals surface area contributed by atoms with E-state index in [9.17, 15) is 25.5 Å². The second kappa shape index (κ2) is 8.03. The van der Waals surface area contributed by atoms with E-state index in [0.29, 0.717) is 11.5 Å². The average Bonchev–Trinajstić information content (AvgIpc) is 3.24. The zero-order chi connectivity index (χ0) is 20.9. The van der Waals surface area contributed by atoms with Crippen molar-refractivity contribution in [2.24, 2.45) is 5.92 Å². The number of halogens is 1. The highest BCUT2D eigenvalue weighted by molar-refractivity contribution is 7.37. The minimum Gasteiger partial charge on any atom is -0.394 e. The minimum atomic E-state index is -1.50. The van der Waals surface area contributed by atoms with Gasteiger partial charge in [0.05, 0.1) is 22.3 Å². The van der Waals surface area contributed by atoms with Crippen LogP contribution in [-0.4, -0.2) is 68.3 Å². The lowest BCUT2D eigenvalue weighted by Gasteiger charge is -2.46. The minimum absolute atomic E-state index is 0.424. The smallest absolute Gasteiger partial charge is 0.111 e. The molecule has 7 atom stereocenters. The van der Waals surface area contributed by atoms with Crippen LogP contribution < -0.4 is 0 Å². The Morgan fingerprint density at radius 2 is 1.97 bits per heavy atom. The van der Waals surface area contributed by atoms with Gasteiger partial charge in [0.25, 0.3) is 0 Å². The first kappa shape index (κ1) is 21.4. The van der Waals surface area contributed by atoms with Crippen molar-refractivity contribution in [3.63, 3.8) is 0 Å². The van der Waals surface area contributed by atoms with E-state index < -0.39 is 48.6 Å². The molecule has 2 aliphatic rings. The number of hydrogen-bond acceptors (Lipinski definition) is 8. The van der Waals surface area contributed by atoms with Crippen molar-refractivity contribution in [2.45, 2.75) is 49.5 Å². The molecular weight excluding hydrogens is 436 g/mol. The number of aliphatic hydroxyl groups is 5. The highest BCUT2D eigenvalue weighted by Gasteiger charge is 2.50. The lowest BCUT2D eigenvalue weighted by Crippen LogP contribution is -2.62. The van der Waals surface area contributed by atoms with Crippen LogP contribution in [0.4, 0.5) is 0 Å². The van der Waals surface area contributed by atoms with E-state index in [1.165, 1.54) is 15.5 Å². The van der Waals surface area contributed by atoms with Gasteiger partial charge in [-0.3, -0.25) is 0 Å². The number of thiophene rings is 2. The van der Waals surface area contributed by atoms with Gasteiger partial charge in [0.1, 0.15) is 24.4 Å². The normalized spacial score (nSPS) is 38.2. The van der Waals surface area contributed by atoms with Gasteiger partial charge in [-0.05, 0) is 36.1 Å². The van der Waals surface area contributed by atoms with Crippen LogP contribution in [0.3, 0.4) is 0 Å². The number of fused-ring (bicyclic) bond motifs is 1. The fraction of sp³-hybridized carbons (Fsp3) is 0.500. The topological polar surface area (TPSA) is 110 Å². The fourth-order valence-corrected chi connectivity index (χ4v) is 6.53. The summed E-state index contributed by atoms with van der Waals surface area (Å²) < 4.78 is 6.92. The standard InChI is InChI=1S/C20H23ClO6S2/c1-20(26)7-13(21)10(5-11-4-9-2-3-28-19(9)29-11)6-12(20)18-17(25)16(24)15(23)14(8-22)27-18/h2-4,6-7,12,14-18,22-26H,5,8H2,1H3/t12?,14?,15-,16?,17-,18+,20?/m1/s1. The number of aliphatic hydroxyl groups excluding tert-OH is 4. The van der Waals surface area contributed by atoms with Crippen LogP contribution in [0.25, 0.3) is 9.40 Å². The summed E-state index contributed by atoms with van der Waals surface area (Å²) in [4.78, 5) is 1.12. The summed E-state index contributed by atoms with van der Waals surface area (Å²) in [6, 6.07) is 4.17. The Morgan fingerprint density at radius 1 is 1.21 bits per heavy atom. The SMILES string of the molecule is CC1(O)C=C(Cl)C(Cc2cc3ccsc3s2)=CC1[C@@H]1OC(CO)[C@@H](O)C(O)[C@H]1O. The Balaban J connectivity index is 1.64. The Hall–Kier alpha value is -0.810. The number of allylic oxidation sites excluding steroid dienone is 2. The number of rotatable bonds is 4. The molecule has 4 rings (SSSR count). The number of hydrogen-bond donors (Lipinski definition) is 5. The van der Waals surface area contributed by atoms with Gasteiger partial charge in [-0.2, -0.15) is 0 Å². The molecule has 6 nitrogen and oxygen atoms in total. The highest BCUT2D eigenvalue weighted by atomic mass is 35.5. The van der Waals surface area contributed by atoms with Crippen LogP contribution in [-0.2, 0) is 11.2 Å². The predicted molar refractivity (Wildman–Crippen MR) is 113 cm³/mol. The van der Waals surface area contributed by atoms with Crippen LogP contribution in [0, 0.1) is 5.92 Å². The summed E-state index contributed by atoms with van der Waals surface area (Å²) in [5.41, 5.74) is -0.654. The van der Waals surface area contributed by atoms with Crippen molar-refractivity contribution < 1.29 is 30.3 Å². The molecule has 0 radical (unpaired) electrons. The summed E-state index contributed by atoms with van der Waals surface area (Å²) in [6.45, 7) is 1.03. The van der Waals surface area contributed by atoms with E-state index in [0.717, 1.165) is 10.5 Å². The summed E-state index contributed by atoms with van der Waals surface area (Å²) in [7, 11) is 0. The molecule has 0 amide bonds. The molecule has 4 unspecified atom stereocenters. The summed E-state index contributed by atoms with van der Waals surface area (Å²) in [6.07, 6.45) is -2.58. The summed E-state index contributed by atoms with van der Waals surface area (Å²) >= 11 is 9.81. The molecule has 1 aliphatic heterocycles. The maximum Gasteiger partial charge on any atom is 0.111 e. The first-order valence-corrected chi connectivity index (χ1v) is 11.4. The maximum absolute atomic E-state index is 11.0. The van der Waals surface area contributed by atoms with Crippen molar-refractivity contribution in [1.82, 2.24) is 0 Å². The molecular formula is C20H23ClO6S2. The van der Waals surface area contributed by atoms with Crippen LogP contribution >= 0.6 is 34.3 Å². The van der Waals surface area contributed by atoms with E-state index in [2.05, 4.69) is 12.1 Å². The third-order valence-electron chi connectivity index (χ3n) is 5.63. The Bertz CT molecular complexity index is 917. The first-order chi connectivity index (χ1) is 13.7. The number of ether oxygens (including phenoxy) is 1. The Labute approximate surface area is 181 Å². The van der Waals surface area contributed by atoms with E-state index in [1.807, 2.05) is 5.38 Å². The maximum atomic E-state index is 11.0. The zero-order valence-corrected chi connectivity index (χ0v) is 18.0. The van der Waals surface area contributed by atoms with Gasteiger partial charge in [-0.25, -0.2) is 0 Å². The molecule has 0 aromatic carbocycles. The van der Waals surface area contributed by atoms with Gasteiger partial charge >= 0.3 is 0 Å². The molecule has 1 aliphatic carbocycles. The summed E-state index contributed by atoms with van der Waals surface area (Å²) in [5.74, 6) is -0.729. The molecule has 0 saturated carbocycles. The largest absolute Gasteiger partial charge is 0.394 e. The Kier molecular flexibility index (Phi) is 5.93. The van der Waals surface area contributed by atoms with Gasteiger partial charge in [0.2, 0.25) is 0 Å². The second-order valence-electron chi connectivity index (χ2n) is 7.78. The molecule has 29 heavy (non-hydrogen) atoms. The molecule has 0 bridgehead atoms. The van der Waals surface area contributed by atoms with Gasteiger partial charge in [0, 0.05) is 27.6 Å². The van der Waals surface area contributed by atoms with Gasteiger partial charge in [0.15, 0.2) is 0 Å². The molecule has 3 heterocycles. The zero-order valence-electron chi connectivity index (χ0n) is 15.6.